The molecule has 0 bridgehead atoms. The first-order valence-electron chi connectivity index (χ1n) is 11.5. The number of aromatic nitrogens is 2. The summed E-state index contributed by atoms with van der Waals surface area (Å²) in [5.74, 6) is 0.653. The molecule has 0 aliphatic carbocycles. The predicted octanol–water partition coefficient (Wildman–Crippen LogP) is 4.92. The lowest BCUT2D eigenvalue weighted by Crippen LogP contribution is -2.38. The smallest absolute Gasteiger partial charge is 0.256 e. The molecule has 2 aromatic carbocycles. The lowest BCUT2D eigenvalue weighted by molar-refractivity contribution is 0.0738. The van der Waals surface area contributed by atoms with Crippen LogP contribution in [0.1, 0.15) is 16.8 Å². The van der Waals surface area contributed by atoms with E-state index < -0.39 is 0 Å². The quantitative estimate of drug-likeness (QED) is 0.389. The number of nitrogen functional groups attached to an aromatic ring is 1. The summed E-state index contributed by atoms with van der Waals surface area (Å²) in [6, 6.07) is 13.7. The van der Waals surface area contributed by atoms with Gasteiger partial charge in [-0.3, -0.25) is 4.79 Å². The van der Waals surface area contributed by atoms with Gasteiger partial charge in [0.2, 0.25) is 0 Å². The normalized spacial score (nSPS) is 16.1. The van der Waals surface area contributed by atoms with Crippen LogP contribution in [0.25, 0.3) is 33.3 Å². The van der Waals surface area contributed by atoms with Gasteiger partial charge < -0.3 is 25.3 Å². The number of H-pyrrole nitrogens is 1. The third kappa shape index (κ3) is 4.22. The number of amides is 1. The molecule has 2 aromatic heterocycles. The van der Waals surface area contributed by atoms with Crippen molar-refractivity contribution in [1.29, 1.82) is 0 Å². The van der Waals surface area contributed by atoms with E-state index in [1.807, 2.05) is 49.6 Å². The lowest BCUT2D eigenvalue weighted by Gasteiger charge is -2.25. The van der Waals surface area contributed by atoms with Crippen LogP contribution >= 0.6 is 11.6 Å². The number of aromatic amines is 1. The number of halogens is 1. The molecule has 1 amide bonds. The van der Waals surface area contributed by atoms with Crippen LogP contribution in [0.5, 0.6) is 5.75 Å². The topological polar surface area (TPSA) is 87.5 Å². The molecule has 8 heteroatoms. The maximum absolute atomic E-state index is 13.4. The molecular weight excluding hydrogens is 462 g/mol. The maximum atomic E-state index is 13.4. The highest BCUT2D eigenvalue weighted by atomic mass is 35.5. The highest BCUT2D eigenvalue weighted by Crippen LogP contribution is 2.37. The average molecular weight is 490 g/mol. The Bertz CT molecular complexity index is 1420. The summed E-state index contributed by atoms with van der Waals surface area (Å²) in [6.45, 7) is 1.81. The van der Waals surface area contributed by atoms with E-state index in [-0.39, 0.29) is 11.9 Å². The molecule has 1 saturated heterocycles. The zero-order valence-corrected chi connectivity index (χ0v) is 20.8. The van der Waals surface area contributed by atoms with Crippen molar-refractivity contribution < 1.29 is 9.53 Å². The van der Waals surface area contributed by atoms with Gasteiger partial charge in [-0.2, -0.15) is 0 Å². The fourth-order valence-electron chi connectivity index (χ4n) is 4.80. The van der Waals surface area contributed by atoms with E-state index in [1.54, 1.807) is 24.3 Å². The summed E-state index contributed by atoms with van der Waals surface area (Å²) in [5.41, 5.74) is 11.3. The number of carbonyl (C=O) groups is 1. The van der Waals surface area contributed by atoms with Gasteiger partial charge in [0.15, 0.2) is 0 Å². The van der Waals surface area contributed by atoms with Gasteiger partial charge in [0.25, 0.3) is 5.91 Å². The number of hydrogen-bond acceptors (Lipinski definition) is 5. The molecule has 5 rings (SSSR count). The minimum absolute atomic E-state index is 0.128. The Hall–Kier alpha value is -3.55. The van der Waals surface area contributed by atoms with Gasteiger partial charge in [-0.25, -0.2) is 4.98 Å². The number of carbonyl (C=O) groups excluding carboxylic acids is 1. The SMILES string of the molecule is COc1ccccc1-c1c[nH]c2ncc(-c3cc(Cl)c(N)c(C(=O)N(C)C4CCN(C)C4)c3)cc12. The van der Waals surface area contributed by atoms with Crippen molar-refractivity contribution in [3.63, 3.8) is 0 Å². The molecule has 35 heavy (non-hydrogen) atoms. The number of nitrogens with two attached hydrogens (primary N) is 1. The minimum Gasteiger partial charge on any atom is -0.496 e. The summed E-state index contributed by atoms with van der Waals surface area (Å²) in [7, 11) is 5.56. The van der Waals surface area contributed by atoms with Gasteiger partial charge in [-0.1, -0.05) is 29.8 Å². The van der Waals surface area contributed by atoms with Crippen LogP contribution in [0, 0.1) is 0 Å². The molecule has 1 aliphatic heterocycles. The van der Waals surface area contributed by atoms with Crippen molar-refractivity contribution in [2.24, 2.45) is 0 Å². The lowest BCUT2D eigenvalue weighted by atomic mass is 9.99. The molecule has 4 aromatic rings. The van der Waals surface area contributed by atoms with Gasteiger partial charge in [0, 0.05) is 54.1 Å². The maximum Gasteiger partial charge on any atom is 0.256 e. The van der Waals surface area contributed by atoms with Crippen LogP contribution in [0.4, 0.5) is 5.69 Å². The average Bonchev–Trinajstić information content (AvgIpc) is 3.50. The van der Waals surface area contributed by atoms with Crippen LogP contribution in [0.3, 0.4) is 0 Å². The summed E-state index contributed by atoms with van der Waals surface area (Å²) >= 11 is 6.52. The van der Waals surface area contributed by atoms with Crippen LogP contribution in [-0.4, -0.2) is 66.0 Å². The van der Waals surface area contributed by atoms with Crippen LogP contribution in [0.2, 0.25) is 5.02 Å². The van der Waals surface area contributed by atoms with Crippen molar-refractivity contribution in [1.82, 2.24) is 19.8 Å². The summed E-state index contributed by atoms with van der Waals surface area (Å²) in [4.78, 5) is 25.3. The van der Waals surface area contributed by atoms with E-state index in [1.165, 1.54) is 0 Å². The third-order valence-electron chi connectivity index (χ3n) is 6.86. The number of nitrogens with one attached hydrogen (secondary N) is 1. The van der Waals surface area contributed by atoms with Crippen molar-refractivity contribution in [2.75, 3.05) is 40.0 Å². The number of anilines is 1. The summed E-state index contributed by atoms with van der Waals surface area (Å²) < 4.78 is 5.56. The van der Waals surface area contributed by atoms with E-state index in [0.717, 1.165) is 58.5 Å². The van der Waals surface area contributed by atoms with Gasteiger partial charge in [0.1, 0.15) is 11.4 Å². The fraction of sp³-hybridized carbons (Fsp3) is 0.259. The molecule has 3 N–H and O–H groups in total. The molecule has 180 valence electrons. The number of pyridine rings is 1. The number of para-hydroxylation sites is 1. The Morgan fingerprint density at radius 1 is 1.23 bits per heavy atom. The molecular formula is C27H28ClN5O2. The molecule has 1 unspecified atom stereocenters. The first-order chi connectivity index (χ1) is 16.9. The molecule has 1 atom stereocenters. The minimum atomic E-state index is -0.128. The molecule has 0 spiro atoms. The number of methoxy groups -OCH3 is 1. The summed E-state index contributed by atoms with van der Waals surface area (Å²) in [6.07, 6.45) is 4.64. The van der Waals surface area contributed by atoms with Gasteiger partial charge in [-0.05, 0) is 49.8 Å². The number of nitrogens with zero attached hydrogens (tertiary/aromatic N) is 3. The third-order valence-corrected chi connectivity index (χ3v) is 7.17. The van der Waals surface area contributed by atoms with Gasteiger partial charge >= 0.3 is 0 Å². The zero-order chi connectivity index (χ0) is 24.7. The van der Waals surface area contributed by atoms with E-state index >= 15 is 0 Å². The second kappa shape index (κ2) is 9.24. The number of ether oxygens (including phenoxy) is 1. The highest BCUT2D eigenvalue weighted by Gasteiger charge is 2.28. The van der Waals surface area contributed by atoms with Crippen LogP contribution < -0.4 is 10.5 Å². The van der Waals surface area contributed by atoms with Crippen molar-refractivity contribution in [3.8, 4) is 28.0 Å². The standard InChI is InChI=1S/C27H28ClN5O2/c1-32-9-8-18(15-32)33(2)27(34)21-10-16(12-23(28)25(21)29)17-11-20-22(14-31-26(20)30-13-17)19-6-4-5-7-24(19)35-3/h4-7,10-14,18H,8-9,15,29H2,1-3H3,(H,30,31). The molecule has 0 radical (unpaired) electrons. The second-order valence-electron chi connectivity index (χ2n) is 9.06. The Morgan fingerprint density at radius 2 is 2.03 bits per heavy atom. The number of fused-ring (bicyclic) bond motifs is 1. The Morgan fingerprint density at radius 3 is 2.77 bits per heavy atom. The molecule has 0 saturated carbocycles. The van der Waals surface area contributed by atoms with E-state index in [9.17, 15) is 4.79 Å². The second-order valence-corrected chi connectivity index (χ2v) is 9.47. The monoisotopic (exact) mass is 489 g/mol. The first kappa shape index (κ1) is 23.2. The molecule has 3 heterocycles. The first-order valence-corrected chi connectivity index (χ1v) is 11.9. The Kier molecular flexibility index (Phi) is 6.13. The number of benzene rings is 2. The van der Waals surface area contributed by atoms with E-state index in [4.69, 9.17) is 22.1 Å². The van der Waals surface area contributed by atoms with Gasteiger partial charge in [-0.15, -0.1) is 0 Å². The molecule has 1 fully saturated rings. The fourth-order valence-corrected chi connectivity index (χ4v) is 5.02. The van der Waals surface area contributed by atoms with Crippen LogP contribution in [0.15, 0.2) is 54.9 Å². The van der Waals surface area contributed by atoms with Crippen LogP contribution in [-0.2, 0) is 0 Å². The Labute approximate surface area is 209 Å². The largest absolute Gasteiger partial charge is 0.496 e. The molecule has 1 aliphatic rings. The van der Waals surface area contributed by atoms with E-state index in [0.29, 0.717) is 16.3 Å². The zero-order valence-electron chi connectivity index (χ0n) is 20.0. The molecule has 7 nitrogen and oxygen atoms in total. The van der Waals surface area contributed by atoms with Crippen molar-refractivity contribution in [3.05, 3.63) is 65.4 Å². The summed E-state index contributed by atoms with van der Waals surface area (Å²) in [5, 5.41) is 1.29. The number of likely N-dealkylation sites (N-methyl/N-ethyl adjacent to an activating group) is 2. The Balaban J connectivity index is 1.56. The number of hydrogen-bond donors (Lipinski definition) is 2. The number of likely N-dealkylation sites (tertiary alicyclic amines) is 1. The highest BCUT2D eigenvalue weighted by molar-refractivity contribution is 6.34. The van der Waals surface area contributed by atoms with Crippen molar-refractivity contribution >= 4 is 34.2 Å². The van der Waals surface area contributed by atoms with Crippen molar-refractivity contribution in [2.45, 2.75) is 12.5 Å². The van der Waals surface area contributed by atoms with E-state index in [2.05, 4.69) is 21.9 Å². The number of rotatable bonds is 5. The predicted molar refractivity (Wildman–Crippen MR) is 141 cm³/mol. The van der Waals surface area contributed by atoms with Gasteiger partial charge in [0.05, 0.1) is 23.4 Å².